The van der Waals surface area contributed by atoms with Gasteiger partial charge >= 0.3 is 0 Å². The maximum atomic E-state index is 6.25. The number of aryl methyl sites for hydroxylation is 1. The molecule has 3 aromatic rings. The molecule has 8 nitrogen and oxygen atoms in total. The Hall–Kier alpha value is -3.23. The Morgan fingerprint density at radius 2 is 1.84 bits per heavy atom. The lowest BCUT2D eigenvalue weighted by molar-refractivity contribution is 0.0336. The van der Waals surface area contributed by atoms with Gasteiger partial charge in [0.05, 0.1) is 30.2 Å². The number of nitrogens with one attached hydrogen (secondary N) is 1. The number of nitrogens with two attached hydrogens (primary N) is 1. The Morgan fingerprint density at radius 3 is 2.55 bits per heavy atom. The van der Waals surface area contributed by atoms with Crippen molar-refractivity contribution in [2.24, 2.45) is 12.1 Å². The third-order valence-electron chi connectivity index (χ3n) is 5.40. The highest BCUT2D eigenvalue weighted by Crippen LogP contribution is 2.29. The molecule has 1 aromatic carbocycles. The van der Waals surface area contributed by atoms with Crippen LogP contribution >= 0.6 is 0 Å². The first kappa shape index (κ1) is 21.0. The first-order valence-electron chi connectivity index (χ1n) is 10.5. The number of anilines is 1. The van der Waals surface area contributed by atoms with Crippen LogP contribution in [0, 0.1) is 6.92 Å². The molecular formula is C23H29N7O. The van der Waals surface area contributed by atoms with Gasteiger partial charge in [0.15, 0.2) is 5.49 Å². The van der Waals surface area contributed by atoms with Crippen molar-refractivity contribution in [1.29, 1.82) is 0 Å². The summed E-state index contributed by atoms with van der Waals surface area (Å²) in [4.78, 5) is 11.9. The third-order valence-corrected chi connectivity index (χ3v) is 5.40. The zero-order valence-electron chi connectivity index (χ0n) is 18.3. The van der Waals surface area contributed by atoms with Crippen LogP contribution in [0.25, 0.3) is 22.4 Å². The predicted octanol–water partition coefficient (Wildman–Crippen LogP) is 1.91. The number of rotatable bonds is 5. The molecule has 3 heterocycles. The highest BCUT2D eigenvalue weighted by atomic mass is 16.5. The molecule has 0 saturated carbocycles. The highest BCUT2D eigenvalue weighted by molar-refractivity contribution is 5.81. The minimum atomic E-state index is 0.399. The normalized spacial score (nSPS) is 15.3. The van der Waals surface area contributed by atoms with Crippen LogP contribution in [0.4, 0.5) is 5.95 Å². The maximum absolute atomic E-state index is 6.25. The van der Waals surface area contributed by atoms with Gasteiger partial charge in [0.2, 0.25) is 5.95 Å². The minimum Gasteiger partial charge on any atom is -0.379 e. The second kappa shape index (κ2) is 9.28. The summed E-state index contributed by atoms with van der Waals surface area (Å²) in [5.41, 5.74) is 15.6. The molecule has 4 rings (SSSR count). The smallest absolute Gasteiger partial charge is 0.202 e. The average Bonchev–Trinajstić information content (AvgIpc) is 2.77. The highest BCUT2D eigenvalue weighted by Gasteiger charge is 2.18. The lowest BCUT2D eigenvalue weighted by atomic mass is 9.99. The van der Waals surface area contributed by atoms with Crippen molar-refractivity contribution < 1.29 is 4.74 Å². The van der Waals surface area contributed by atoms with Crippen LogP contribution in [0.5, 0.6) is 0 Å². The first-order valence-corrected chi connectivity index (χ1v) is 10.5. The summed E-state index contributed by atoms with van der Waals surface area (Å²) in [5, 5.41) is 4.55. The second-order valence-corrected chi connectivity index (χ2v) is 7.65. The van der Waals surface area contributed by atoms with Gasteiger partial charge in [-0.15, -0.1) is 0 Å². The van der Waals surface area contributed by atoms with Crippen LogP contribution < -0.4 is 16.6 Å². The Balaban J connectivity index is 1.90. The fourth-order valence-electron chi connectivity index (χ4n) is 3.89. The van der Waals surface area contributed by atoms with Gasteiger partial charge in [-0.05, 0) is 24.6 Å². The van der Waals surface area contributed by atoms with E-state index in [9.17, 15) is 0 Å². The van der Waals surface area contributed by atoms with E-state index in [0.29, 0.717) is 5.95 Å². The summed E-state index contributed by atoms with van der Waals surface area (Å²) in [6.45, 7) is 6.16. The van der Waals surface area contributed by atoms with Crippen molar-refractivity contribution in [3.8, 4) is 22.4 Å². The summed E-state index contributed by atoms with van der Waals surface area (Å²) in [5.74, 6) is 0.399. The molecule has 0 unspecified atom stereocenters. The van der Waals surface area contributed by atoms with Crippen LogP contribution in [-0.4, -0.2) is 52.8 Å². The van der Waals surface area contributed by atoms with Gasteiger partial charge < -0.3 is 15.9 Å². The van der Waals surface area contributed by atoms with Crippen molar-refractivity contribution in [2.45, 2.75) is 13.5 Å². The van der Waals surface area contributed by atoms with Gasteiger partial charge in [-0.25, -0.2) is 4.98 Å². The number of hydrogen-bond donors (Lipinski definition) is 2. The Labute approximate surface area is 182 Å². The van der Waals surface area contributed by atoms with Crippen LogP contribution in [-0.2, 0) is 18.3 Å². The quantitative estimate of drug-likeness (QED) is 0.614. The van der Waals surface area contributed by atoms with Gasteiger partial charge in [-0.1, -0.05) is 30.3 Å². The van der Waals surface area contributed by atoms with E-state index in [1.165, 1.54) is 0 Å². The van der Waals surface area contributed by atoms with Gasteiger partial charge in [0.25, 0.3) is 0 Å². The Morgan fingerprint density at radius 1 is 1.10 bits per heavy atom. The summed E-state index contributed by atoms with van der Waals surface area (Å²) < 4.78 is 7.28. The molecule has 0 radical (unpaired) electrons. The molecule has 2 aromatic heterocycles. The van der Waals surface area contributed by atoms with Gasteiger partial charge in [0, 0.05) is 45.0 Å². The van der Waals surface area contributed by atoms with Crippen molar-refractivity contribution in [2.75, 3.05) is 39.1 Å². The van der Waals surface area contributed by atoms with E-state index in [1.54, 1.807) is 11.6 Å². The van der Waals surface area contributed by atoms with E-state index in [2.05, 4.69) is 27.6 Å². The van der Waals surface area contributed by atoms with Gasteiger partial charge in [-0.3, -0.25) is 14.5 Å². The molecule has 0 amide bonds. The molecule has 0 atom stereocenters. The van der Waals surface area contributed by atoms with Crippen molar-refractivity contribution in [1.82, 2.24) is 24.9 Å². The topological polar surface area (TPSA) is 93.6 Å². The molecule has 0 aliphatic carbocycles. The van der Waals surface area contributed by atoms with E-state index >= 15 is 0 Å². The molecule has 1 fully saturated rings. The van der Waals surface area contributed by atoms with Crippen molar-refractivity contribution in [3.63, 3.8) is 0 Å². The molecular weight excluding hydrogens is 390 g/mol. The lowest BCUT2D eigenvalue weighted by Gasteiger charge is -2.26. The van der Waals surface area contributed by atoms with E-state index in [-0.39, 0.29) is 0 Å². The molecule has 31 heavy (non-hydrogen) atoms. The second-order valence-electron chi connectivity index (χ2n) is 7.65. The van der Waals surface area contributed by atoms with Crippen LogP contribution in [0.15, 0.2) is 47.6 Å². The van der Waals surface area contributed by atoms with E-state index < -0.39 is 0 Å². The molecule has 0 spiro atoms. The molecule has 8 heteroatoms. The number of nitrogen functional groups attached to an aromatic ring is 1. The predicted molar refractivity (Wildman–Crippen MR) is 122 cm³/mol. The molecule has 3 N–H and O–H groups in total. The van der Waals surface area contributed by atoms with Crippen LogP contribution in [0.3, 0.4) is 0 Å². The molecule has 1 saturated heterocycles. The monoisotopic (exact) mass is 419 g/mol. The first-order chi connectivity index (χ1) is 15.1. The minimum absolute atomic E-state index is 0.399. The average molecular weight is 420 g/mol. The van der Waals surface area contributed by atoms with Crippen molar-refractivity contribution >= 4 is 5.95 Å². The number of aromatic nitrogens is 3. The summed E-state index contributed by atoms with van der Waals surface area (Å²) in [6, 6.07) is 14.3. The Bertz CT molecular complexity index is 1120. The van der Waals surface area contributed by atoms with E-state index in [4.69, 9.17) is 20.4 Å². The SMILES string of the molecule is CN/N=c1/c(-c2cc(C)nc(CN3CCOCC3)c2)c(-c2ccccc2)nc(N)n1C. The summed E-state index contributed by atoms with van der Waals surface area (Å²) in [6.07, 6.45) is 0. The number of ether oxygens (including phenoxy) is 1. The van der Waals surface area contributed by atoms with E-state index in [0.717, 1.165) is 72.1 Å². The van der Waals surface area contributed by atoms with Gasteiger partial charge in [-0.2, -0.15) is 5.10 Å². The number of nitrogens with zero attached hydrogens (tertiary/aromatic N) is 5. The zero-order valence-corrected chi connectivity index (χ0v) is 18.3. The van der Waals surface area contributed by atoms with Crippen LogP contribution in [0.2, 0.25) is 0 Å². The lowest BCUT2D eigenvalue weighted by Crippen LogP contribution is -2.36. The number of pyridine rings is 1. The summed E-state index contributed by atoms with van der Waals surface area (Å²) >= 11 is 0. The summed E-state index contributed by atoms with van der Waals surface area (Å²) in [7, 11) is 3.66. The van der Waals surface area contributed by atoms with E-state index in [1.807, 2.05) is 44.3 Å². The maximum Gasteiger partial charge on any atom is 0.202 e. The fraction of sp³-hybridized carbons (Fsp3) is 0.348. The largest absolute Gasteiger partial charge is 0.379 e. The number of morpholine rings is 1. The molecule has 1 aliphatic heterocycles. The third kappa shape index (κ3) is 4.60. The standard InChI is InChI=1S/C23H29N7O/c1-16-13-18(14-19(26-16)15-30-9-11-31-12-10-30)20-21(17-7-5-4-6-8-17)27-23(24)29(3)22(20)28-25-2/h4-8,13-14,25H,9-12,15H2,1-3H3,(H2,24,27)/b28-22-. The fourth-order valence-corrected chi connectivity index (χ4v) is 3.89. The van der Waals surface area contributed by atoms with Crippen LogP contribution in [0.1, 0.15) is 11.4 Å². The number of benzene rings is 1. The Kier molecular flexibility index (Phi) is 6.29. The molecule has 162 valence electrons. The zero-order chi connectivity index (χ0) is 21.8. The molecule has 1 aliphatic rings. The number of hydrogen-bond acceptors (Lipinski definition) is 7. The van der Waals surface area contributed by atoms with Gasteiger partial charge in [0.1, 0.15) is 0 Å². The van der Waals surface area contributed by atoms with Crippen molar-refractivity contribution in [3.05, 3.63) is 59.3 Å². The molecule has 0 bridgehead atoms.